The minimum atomic E-state index is -0.718. The van der Waals surface area contributed by atoms with Gasteiger partial charge < -0.3 is 4.90 Å². The molecular formula is C17H26N2O3. The molecule has 0 N–H and O–H groups in total. The lowest BCUT2D eigenvalue weighted by molar-refractivity contribution is -0.150. The number of imide groups is 1. The first-order valence-corrected chi connectivity index (χ1v) is 8.18. The molecule has 1 aliphatic carbocycles. The molecule has 0 aromatic rings. The Labute approximate surface area is 132 Å². The van der Waals surface area contributed by atoms with Gasteiger partial charge in [0, 0.05) is 13.1 Å². The molecule has 0 radical (unpaired) electrons. The zero-order valence-corrected chi connectivity index (χ0v) is 13.8. The summed E-state index contributed by atoms with van der Waals surface area (Å²) in [6.07, 6.45) is 3.53. The van der Waals surface area contributed by atoms with E-state index >= 15 is 0 Å². The molecule has 0 aromatic heterocycles. The summed E-state index contributed by atoms with van der Waals surface area (Å²) in [4.78, 5) is 40.6. The van der Waals surface area contributed by atoms with Gasteiger partial charge >= 0.3 is 0 Å². The van der Waals surface area contributed by atoms with Crippen LogP contribution in [0.4, 0.5) is 0 Å². The Bertz CT molecular complexity index is 476. The number of likely N-dealkylation sites (N-methyl/N-ethyl adjacent to an activating group) is 1. The molecule has 2 aliphatic rings. The highest BCUT2D eigenvalue weighted by Crippen LogP contribution is 2.38. The van der Waals surface area contributed by atoms with Gasteiger partial charge in [0.1, 0.15) is 6.04 Å². The average Bonchev–Trinajstić information content (AvgIpc) is 2.75. The second-order valence-electron chi connectivity index (χ2n) is 6.53. The summed E-state index contributed by atoms with van der Waals surface area (Å²) in [6, 6.07) is -0.718. The van der Waals surface area contributed by atoms with Crippen molar-refractivity contribution in [1.29, 1.82) is 0 Å². The van der Waals surface area contributed by atoms with E-state index in [2.05, 4.69) is 6.58 Å². The van der Waals surface area contributed by atoms with E-state index in [9.17, 15) is 14.4 Å². The molecule has 0 aromatic carbocycles. The molecule has 0 spiro atoms. The van der Waals surface area contributed by atoms with Crippen LogP contribution in [0.3, 0.4) is 0 Å². The third-order valence-corrected chi connectivity index (χ3v) is 4.77. The Kier molecular flexibility index (Phi) is 5.04. The molecule has 5 heteroatoms. The molecule has 1 heterocycles. The number of carbonyl (C=O) groups is 3. The van der Waals surface area contributed by atoms with E-state index in [1.165, 1.54) is 4.90 Å². The zero-order chi connectivity index (χ0) is 16.4. The standard InChI is InChI=1S/C17H26N2O3/c1-5-18(10-11(2)3)15(20)12(4)19-16(21)13-8-6-7-9-14(13)17(19)22/h12-14H,2,5-10H2,1,3-4H3/t12-,13-,14+/m0/s1. The number of carbonyl (C=O) groups excluding carboxylic acids is 3. The zero-order valence-electron chi connectivity index (χ0n) is 13.8. The predicted octanol–water partition coefficient (Wildman–Crippen LogP) is 1.97. The molecule has 0 unspecified atom stereocenters. The highest BCUT2D eigenvalue weighted by molar-refractivity contribution is 6.08. The summed E-state index contributed by atoms with van der Waals surface area (Å²) < 4.78 is 0. The highest BCUT2D eigenvalue weighted by Gasteiger charge is 2.51. The van der Waals surface area contributed by atoms with E-state index in [1.807, 2.05) is 13.8 Å². The summed E-state index contributed by atoms with van der Waals surface area (Å²) >= 11 is 0. The third kappa shape index (κ3) is 2.94. The Morgan fingerprint density at radius 3 is 2.18 bits per heavy atom. The van der Waals surface area contributed by atoms with Crippen molar-refractivity contribution >= 4 is 17.7 Å². The monoisotopic (exact) mass is 306 g/mol. The number of hydrogen-bond donors (Lipinski definition) is 0. The Balaban J connectivity index is 2.15. The predicted molar refractivity (Wildman–Crippen MR) is 83.8 cm³/mol. The number of fused-ring (bicyclic) bond motifs is 1. The SMILES string of the molecule is C=C(C)CN(CC)C(=O)[C@H](C)N1C(=O)[C@H]2CCCC[C@H]2C1=O. The van der Waals surface area contributed by atoms with Gasteiger partial charge in [0.05, 0.1) is 11.8 Å². The van der Waals surface area contributed by atoms with Gasteiger partial charge in [-0.15, -0.1) is 0 Å². The van der Waals surface area contributed by atoms with Crippen LogP contribution in [0.5, 0.6) is 0 Å². The smallest absolute Gasteiger partial charge is 0.245 e. The van der Waals surface area contributed by atoms with Gasteiger partial charge in [-0.1, -0.05) is 25.0 Å². The van der Waals surface area contributed by atoms with E-state index in [4.69, 9.17) is 0 Å². The van der Waals surface area contributed by atoms with Crippen LogP contribution in [0, 0.1) is 11.8 Å². The van der Waals surface area contributed by atoms with Gasteiger partial charge in [-0.2, -0.15) is 0 Å². The van der Waals surface area contributed by atoms with E-state index in [0.717, 1.165) is 31.3 Å². The quantitative estimate of drug-likeness (QED) is 0.576. The van der Waals surface area contributed by atoms with Gasteiger partial charge in [0.2, 0.25) is 17.7 Å². The summed E-state index contributed by atoms with van der Waals surface area (Å²) in [6.45, 7) is 10.2. The van der Waals surface area contributed by atoms with Crippen LogP contribution in [0.25, 0.3) is 0 Å². The molecular weight excluding hydrogens is 280 g/mol. The van der Waals surface area contributed by atoms with Gasteiger partial charge in [-0.05, 0) is 33.6 Å². The molecule has 1 saturated carbocycles. The molecule has 5 nitrogen and oxygen atoms in total. The lowest BCUT2D eigenvalue weighted by Gasteiger charge is -2.29. The van der Waals surface area contributed by atoms with Gasteiger partial charge in [-0.3, -0.25) is 19.3 Å². The van der Waals surface area contributed by atoms with Crippen molar-refractivity contribution < 1.29 is 14.4 Å². The first-order valence-electron chi connectivity index (χ1n) is 8.18. The molecule has 0 bridgehead atoms. The summed E-state index contributed by atoms with van der Waals surface area (Å²) in [5.74, 6) is -0.880. The van der Waals surface area contributed by atoms with Crippen molar-refractivity contribution in [2.24, 2.45) is 11.8 Å². The molecule has 1 aliphatic heterocycles. The van der Waals surface area contributed by atoms with Crippen molar-refractivity contribution in [2.75, 3.05) is 13.1 Å². The lowest BCUT2D eigenvalue weighted by Crippen LogP contribution is -2.50. The fourth-order valence-electron chi connectivity index (χ4n) is 3.62. The number of amides is 3. The van der Waals surface area contributed by atoms with Gasteiger partial charge in [0.15, 0.2) is 0 Å². The minimum absolute atomic E-state index is 0.151. The maximum atomic E-state index is 12.6. The Morgan fingerprint density at radius 2 is 1.77 bits per heavy atom. The Morgan fingerprint density at radius 1 is 1.27 bits per heavy atom. The fourth-order valence-corrected chi connectivity index (χ4v) is 3.62. The lowest BCUT2D eigenvalue weighted by atomic mass is 9.81. The van der Waals surface area contributed by atoms with Crippen LogP contribution >= 0.6 is 0 Å². The molecule has 3 amide bonds. The van der Waals surface area contributed by atoms with Crippen LogP contribution in [0.1, 0.15) is 46.5 Å². The average molecular weight is 306 g/mol. The van der Waals surface area contributed by atoms with Crippen molar-refractivity contribution in [1.82, 2.24) is 9.80 Å². The minimum Gasteiger partial charge on any atom is -0.337 e. The topological polar surface area (TPSA) is 57.7 Å². The third-order valence-electron chi connectivity index (χ3n) is 4.77. The maximum absolute atomic E-state index is 12.6. The number of hydrogen-bond acceptors (Lipinski definition) is 3. The molecule has 122 valence electrons. The number of likely N-dealkylation sites (tertiary alicyclic amines) is 1. The van der Waals surface area contributed by atoms with E-state index < -0.39 is 6.04 Å². The van der Waals surface area contributed by atoms with Gasteiger partial charge in [-0.25, -0.2) is 0 Å². The van der Waals surface area contributed by atoms with E-state index in [-0.39, 0.29) is 29.6 Å². The summed E-state index contributed by atoms with van der Waals surface area (Å²) in [7, 11) is 0. The largest absolute Gasteiger partial charge is 0.337 e. The van der Waals surface area contributed by atoms with Crippen LogP contribution in [-0.2, 0) is 14.4 Å². The van der Waals surface area contributed by atoms with E-state index in [0.29, 0.717) is 13.1 Å². The summed E-state index contributed by atoms with van der Waals surface area (Å²) in [5.41, 5.74) is 0.884. The van der Waals surface area contributed by atoms with Crippen LogP contribution in [0.2, 0.25) is 0 Å². The highest BCUT2D eigenvalue weighted by atomic mass is 16.2. The van der Waals surface area contributed by atoms with Crippen molar-refractivity contribution in [3.63, 3.8) is 0 Å². The normalized spacial score (nSPS) is 25.9. The van der Waals surface area contributed by atoms with Crippen LogP contribution < -0.4 is 0 Å². The Hall–Kier alpha value is -1.65. The number of rotatable bonds is 5. The molecule has 1 saturated heterocycles. The van der Waals surface area contributed by atoms with Gasteiger partial charge in [0.25, 0.3) is 0 Å². The first-order chi connectivity index (χ1) is 10.4. The van der Waals surface area contributed by atoms with Crippen LogP contribution in [0.15, 0.2) is 12.2 Å². The van der Waals surface area contributed by atoms with Crippen LogP contribution in [-0.4, -0.2) is 46.7 Å². The second-order valence-corrected chi connectivity index (χ2v) is 6.53. The number of nitrogens with zero attached hydrogens (tertiary/aromatic N) is 2. The van der Waals surface area contributed by atoms with Crippen molar-refractivity contribution in [3.8, 4) is 0 Å². The molecule has 3 atom stereocenters. The molecule has 2 fully saturated rings. The fraction of sp³-hybridized carbons (Fsp3) is 0.706. The summed E-state index contributed by atoms with van der Waals surface area (Å²) in [5, 5.41) is 0. The maximum Gasteiger partial charge on any atom is 0.245 e. The van der Waals surface area contributed by atoms with E-state index in [1.54, 1.807) is 11.8 Å². The molecule has 22 heavy (non-hydrogen) atoms. The van der Waals surface area contributed by atoms with Crippen molar-refractivity contribution in [3.05, 3.63) is 12.2 Å². The van der Waals surface area contributed by atoms with Crippen molar-refractivity contribution in [2.45, 2.75) is 52.5 Å². The first kappa shape index (κ1) is 16.7. The molecule has 2 rings (SSSR count). The second kappa shape index (κ2) is 6.63.